The van der Waals surface area contributed by atoms with Crippen molar-refractivity contribution in [3.63, 3.8) is 0 Å². The molecule has 1 rings (SSSR count). The van der Waals surface area contributed by atoms with E-state index in [0.29, 0.717) is 0 Å². The van der Waals surface area contributed by atoms with Crippen LogP contribution in [-0.2, 0) is 9.47 Å². The van der Waals surface area contributed by atoms with Crippen LogP contribution in [0.4, 0.5) is 4.79 Å². The summed E-state index contributed by atoms with van der Waals surface area (Å²) in [7, 11) is 1.20. The number of nitrogens with one attached hydrogen (secondary N) is 1. The van der Waals surface area contributed by atoms with Crippen molar-refractivity contribution in [2.45, 2.75) is 45.0 Å². The number of methoxy groups -OCH3 is 1. The van der Waals surface area contributed by atoms with Crippen LogP contribution in [-0.4, -0.2) is 52.6 Å². The zero-order valence-corrected chi connectivity index (χ0v) is 14.3. The quantitative estimate of drug-likeness (QED) is 0.665. The number of hydrogen-bond donors (Lipinski definition) is 3. The highest BCUT2D eigenvalue weighted by Gasteiger charge is 2.25. The minimum absolute atomic E-state index is 0.0633. The number of carbonyl (C=O) groups is 2. The lowest BCUT2D eigenvalue weighted by molar-refractivity contribution is 0.0110. The van der Waals surface area contributed by atoms with Crippen LogP contribution in [0.15, 0.2) is 18.3 Å². The molecule has 1 aromatic rings. The second kappa shape index (κ2) is 8.60. The monoisotopic (exact) mass is 340 g/mol. The molecular formula is C16H24N2O6. The van der Waals surface area contributed by atoms with E-state index in [2.05, 4.69) is 15.0 Å². The summed E-state index contributed by atoms with van der Waals surface area (Å²) < 4.78 is 9.66. The van der Waals surface area contributed by atoms with Gasteiger partial charge in [0.25, 0.3) is 0 Å². The second-order valence-electron chi connectivity index (χ2n) is 6.16. The smallest absolute Gasteiger partial charge is 0.407 e. The van der Waals surface area contributed by atoms with Crippen molar-refractivity contribution in [1.82, 2.24) is 10.3 Å². The van der Waals surface area contributed by atoms with Gasteiger partial charge in [-0.25, -0.2) is 14.6 Å². The van der Waals surface area contributed by atoms with E-state index in [1.165, 1.54) is 25.4 Å². The Morgan fingerprint density at radius 2 is 2.00 bits per heavy atom. The highest BCUT2D eigenvalue weighted by atomic mass is 16.6. The van der Waals surface area contributed by atoms with Crippen LogP contribution >= 0.6 is 0 Å². The fraction of sp³-hybridized carbons (Fsp3) is 0.562. The predicted octanol–water partition coefficient (Wildman–Crippen LogP) is 1.18. The van der Waals surface area contributed by atoms with Gasteiger partial charge in [0.05, 0.1) is 13.2 Å². The van der Waals surface area contributed by atoms with Gasteiger partial charge in [-0.05, 0) is 33.3 Å². The summed E-state index contributed by atoms with van der Waals surface area (Å²) in [5.41, 5.74) is -0.520. The summed E-state index contributed by atoms with van der Waals surface area (Å²) >= 11 is 0. The van der Waals surface area contributed by atoms with Crippen LogP contribution in [0.25, 0.3) is 0 Å². The first kappa shape index (κ1) is 19.9. The van der Waals surface area contributed by atoms with E-state index in [-0.39, 0.29) is 24.2 Å². The minimum atomic E-state index is -1.34. The average molecular weight is 340 g/mol. The summed E-state index contributed by atoms with van der Waals surface area (Å²) in [5.74, 6) is -0.705. The third-order valence-electron chi connectivity index (χ3n) is 3.01. The van der Waals surface area contributed by atoms with Gasteiger partial charge in [0.2, 0.25) is 0 Å². The van der Waals surface area contributed by atoms with E-state index in [1.54, 1.807) is 20.8 Å². The molecule has 8 nitrogen and oxygen atoms in total. The molecule has 134 valence electrons. The first-order valence-corrected chi connectivity index (χ1v) is 7.52. The van der Waals surface area contributed by atoms with Gasteiger partial charge >= 0.3 is 12.1 Å². The molecule has 0 bridgehead atoms. The van der Waals surface area contributed by atoms with Crippen molar-refractivity contribution in [3.05, 3.63) is 29.6 Å². The Kier molecular flexibility index (Phi) is 7.12. The molecule has 1 heterocycles. The van der Waals surface area contributed by atoms with Gasteiger partial charge in [-0.2, -0.15) is 0 Å². The molecule has 0 fully saturated rings. The number of nitrogens with zero attached hydrogens (tertiary/aromatic N) is 1. The van der Waals surface area contributed by atoms with Crippen LogP contribution in [0.1, 0.15) is 49.3 Å². The fourth-order valence-electron chi connectivity index (χ4n) is 1.93. The first-order valence-electron chi connectivity index (χ1n) is 7.52. The maximum Gasteiger partial charge on any atom is 0.407 e. The summed E-state index contributed by atoms with van der Waals surface area (Å²) in [6.45, 7) is 5.31. The lowest BCUT2D eigenvalue weighted by Gasteiger charge is -2.21. The third-order valence-corrected chi connectivity index (χ3v) is 3.01. The third kappa shape index (κ3) is 6.13. The molecule has 1 aromatic heterocycles. The Bertz CT molecular complexity index is 570. The summed E-state index contributed by atoms with van der Waals surface area (Å²) in [5, 5.41) is 22.8. The molecule has 0 aliphatic carbocycles. The highest BCUT2D eigenvalue weighted by molar-refractivity contribution is 5.88. The van der Waals surface area contributed by atoms with Gasteiger partial charge in [0, 0.05) is 18.3 Å². The number of ether oxygens (including phenoxy) is 2. The molecule has 0 aromatic carbocycles. The van der Waals surface area contributed by atoms with Crippen molar-refractivity contribution in [2.24, 2.45) is 0 Å². The van der Waals surface area contributed by atoms with Gasteiger partial charge in [-0.15, -0.1) is 0 Å². The van der Waals surface area contributed by atoms with Gasteiger partial charge < -0.3 is 25.0 Å². The molecule has 0 aliphatic heterocycles. The van der Waals surface area contributed by atoms with Crippen LogP contribution in [0.2, 0.25) is 0 Å². The number of aliphatic hydroxyl groups excluding tert-OH is 2. The lowest BCUT2D eigenvalue weighted by atomic mass is 10.0. The molecule has 0 saturated heterocycles. The van der Waals surface area contributed by atoms with Crippen molar-refractivity contribution in [3.8, 4) is 0 Å². The zero-order valence-electron chi connectivity index (χ0n) is 14.3. The molecule has 1 amide bonds. The summed E-state index contributed by atoms with van der Waals surface area (Å²) in [4.78, 5) is 27.0. The molecule has 2 unspecified atom stereocenters. The second-order valence-corrected chi connectivity index (χ2v) is 6.16. The van der Waals surface area contributed by atoms with Gasteiger partial charge in [0.1, 0.15) is 11.7 Å². The van der Waals surface area contributed by atoms with Gasteiger partial charge in [-0.3, -0.25) is 0 Å². The number of hydrogen-bond acceptors (Lipinski definition) is 7. The van der Waals surface area contributed by atoms with Gasteiger partial charge in [0.15, 0.2) is 5.69 Å². The van der Waals surface area contributed by atoms with Crippen LogP contribution in [0.3, 0.4) is 0 Å². The topological polar surface area (TPSA) is 118 Å². The lowest BCUT2D eigenvalue weighted by Crippen LogP contribution is -2.34. The van der Waals surface area contributed by atoms with Crippen molar-refractivity contribution in [2.75, 3.05) is 13.7 Å². The number of aromatic nitrogens is 1. The Labute approximate surface area is 140 Å². The molecule has 0 saturated carbocycles. The molecule has 3 N–H and O–H groups in total. The minimum Gasteiger partial charge on any atom is -0.464 e. The van der Waals surface area contributed by atoms with Crippen LogP contribution < -0.4 is 5.32 Å². The van der Waals surface area contributed by atoms with Crippen LogP contribution in [0, 0.1) is 0 Å². The number of alkyl carbamates (subject to hydrolysis) is 1. The number of amides is 1. The van der Waals surface area contributed by atoms with Crippen molar-refractivity contribution < 1.29 is 29.3 Å². The number of pyridine rings is 1. The summed E-state index contributed by atoms with van der Waals surface area (Å²) in [6, 6.07) is 3.02. The number of carbonyl (C=O) groups excluding carboxylic acids is 2. The normalized spacial score (nSPS) is 13.8. The fourth-order valence-corrected chi connectivity index (χ4v) is 1.93. The van der Waals surface area contributed by atoms with E-state index < -0.39 is 29.9 Å². The van der Waals surface area contributed by atoms with Crippen molar-refractivity contribution >= 4 is 12.1 Å². The molecule has 0 spiro atoms. The molecule has 0 radical (unpaired) electrons. The number of rotatable bonds is 6. The average Bonchev–Trinajstić information content (AvgIpc) is 2.51. The Morgan fingerprint density at radius 3 is 2.58 bits per heavy atom. The predicted molar refractivity (Wildman–Crippen MR) is 85.4 cm³/mol. The van der Waals surface area contributed by atoms with Crippen LogP contribution in [0.5, 0.6) is 0 Å². The highest BCUT2D eigenvalue weighted by Crippen LogP contribution is 2.21. The molecule has 8 heteroatoms. The molecular weight excluding hydrogens is 316 g/mol. The largest absolute Gasteiger partial charge is 0.464 e. The molecule has 2 atom stereocenters. The van der Waals surface area contributed by atoms with Gasteiger partial charge in [-0.1, -0.05) is 6.07 Å². The van der Waals surface area contributed by atoms with E-state index in [4.69, 9.17) is 4.74 Å². The van der Waals surface area contributed by atoms with Crippen molar-refractivity contribution in [1.29, 1.82) is 0 Å². The first-order chi connectivity index (χ1) is 11.2. The molecule has 0 aliphatic rings. The summed E-state index contributed by atoms with van der Waals surface area (Å²) in [6.07, 6.45) is -1.70. The molecule has 24 heavy (non-hydrogen) atoms. The maximum atomic E-state index is 11.6. The number of esters is 1. The zero-order chi connectivity index (χ0) is 18.3. The Morgan fingerprint density at radius 1 is 1.33 bits per heavy atom. The van der Waals surface area contributed by atoms with E-state index in [9.17, 15) is 19.8 Å². The van der Waals surface area contributed by atoms with E-state index >= 15 is 0 Å². The maximum absolute atomic E-state index is 11.6. The Balaban J connectivity index is 2.61. The Hall–Kier alpha value is -2.19. The standard InChI is InChI=1S/C16H24N2O6/c1-16(2,3)24-15(22)18-9-7-11(19)13(20)10-6-5-8-17-12(10)14(21)23-4/h5-6,8,11,13,19-20H,7,9H2,1-4H3,(H,18,22). The van der Waals surface area contributed by atoms with E-state index in [1.807, 2.05) is 0 Å². The number of aliphatic hydroxyl groups is 2. The van der Waals surface area contributed by atoms with E-state index in [0.717, 1.165) is 0 Å². The SMILES string of the molecule is COC(=O)c1ncccc1C(O)C(O)CCNC(=O)OC(C)(C)C.